The van der Waals surface area contributed by atoms with Crippen LogP contribution < -0.4 is 4.74 Å². The largest absolute Gasteiger partial charge is 0.496 e. The van der Waals surface area contributed by atoms with E-state index in [1.54, 1.807) is 0 Å². The third kappa shape index (κ3) is 3.14. The Hall–Kier alpha value is -1.39. The molecule has 2 nitrogen and oxygen atoms in total. The minimum absolute atomic E-state index is 0.401. The Bertz CT molecular complexity index is 578. The molecule has 1 N–H and O–H groups in total. The zero-order valence-electron chi connectivity index (χ0n) is 10.7. The van der Waals surface area contributed by atoms with E-state index in [2.05, 4.69) is 15.9 Å². The fourth-order valence-electron chi connectivity index (χ4n) is 2.02. The molecule has 19 heavy (non-hydrogen) atoms. The maximum Gasteiger partial charge on any atom is 0.125 e. The molecule has 0 saturated heterocycles. The number of hydrogen-bond donors (Lipinski definition) is 1. The van der Waals surface area contributed by atoms with E-state index in [0.29, 0.717) is 16.9 Å². The molecule has 1 atom stereocenters. The van der Waals surface area contributed by atoms with E-state index >= 15 is 0 Å². The van der Waals surface area contributed by atoms with Crippen LogP contribution in [0.15, 0.2) is 40.9 Å². The van der Waals surface area contributed by atoms with Crippen molar-refractivity contribution in [3.8, 4) is 5.75 Å². The molecule has 0 radical (unpaired) electrons. The molecule has 0 aliphatic heterocycles. The lowest BCUT2D eigenvalue weighted by atomic mass is 9.99. The second-order valence-corrected chi connectivity index (χ2v) is 5.27. The highest BCUT2D eigenvalue weighted by molar-refractivity contribution is 9.10. The van der Waals surface area contributed by atoms with Crippen LogP contribution in [-0.4, -0.2) is 12.2 Å². The van der Waals surface area contributed by atoms with Gasteiger partial charge in [0.25, 0.3) is 0 Å². The summed E-state index contributed by atoms with van der Waals surface area (Å²) >= 11 is 3.39. The molecule has 2 aromatic carbocycles. The number of aliphatic hydroxyl groups excluding tert-OH is 1. The van der Waals surface area contributed by atoms with Crippen molar-refractivity contribution < 1.29 is 14.2 Å². The Balaban J connectivity index is 2.48. The Morgan fingerprint density at radius 3 is 2.58 bits per heavy atom. The Morgan fingerprint density at radius 1 is 1.21 bits per heavy atom. The van der Waals surface area contributed by atoms with E-state index in [9.17, 15) is 9.50 Å². The van der Waals surface area contributed by atoms with Crippen molar-refractivity contribution in [2.24, 2.45) is 0 Å². The fraction of sp³-hybridized carbons (Fsp3) is 0.200. The smallest absolute Gasteiger partial charge is 0.125 e. The van der Waals surface area contributed by atoms with Crippen LogP contribution in [-0.2, 0) is 0 Å². The van der Waals surface area contributed by atoms with E-state index in [1.165, 1.54) is 25.3 Å². The van der Waals surface area contributed by atoms with Gasteiger partial charge in [0.05, 0.1) is 7.11 Å². The molecule has 0 bridgehead atoms. The van der Waals surface area contributed by atoms with Gasteiger partial charge < -0.3 is 9.84 Å². The van der Waals surface area contributed by atoms with Crippen LogP contribution >= 0.6 is 15.9 Å². The van der Waals surface area contributed by atoms with E-state index in [0.717, 1.165) is 10.0 Å². The summed E-state index contributed by atoms with van der Waals surface area (Å²) in [6.45, 7) is 1.93. The number of methoxy groups -OCH3 is 1. The molecule has 0 aromatic heterocycles. The van der Waals surface area contributed by atoms with Crippen LogP contribution in [0.5, 0.6) is 5.75 Å². The van der Waals surface area contributed by atoms with Gasteiger partial charge in [-0.3, -0.25) is 0 Å². The molecule has 1 unspecified atom stereocenters. The van der Waals surface area contributed by atoms with Crippen LogP contribution in [0.1, 0.15) is 22.8 Å². The van der Waals surface area contributed by atoms with Gasteiger partial charge in [-0.2, -0.15) is 0 Å². The van der Waals surface area contributed by atoms with Gasteiger partial charge in [-0.05, 0) is 48.4 Å². The summed E-state index contributed by atoms with van der Waals surface area (Å²) in [5.41, 5.74) is 2.12. The zero-order chi connectivity index (χ0) is 14.0. The van der Waals surface area contributed by atoms with Gasteiger partial charge in [0.2, 0.25) is 0 Å². The molecule has 0 fully saturated rings. The molecule has 100 valence electrons. The van der Waals surface area contributed by atoms with Crippen molar-refractivity contribution in [2.45, 2.75) is 13.0 Å². The molecule has 0 aliphatic carbocycles. The minimum Gasteiger partial charge on any atom is -0.496 e. The first-order valence-electron chi connectivity index (χ1n) is 5.80. The molecule has 2 rings (SSSR count). The van der Waals surface area contributed by atoms with Crippen molar-refractivity contribution >= 4 is 15.9 Å². The standard InChI is InChI=1S/C15H14BrFO2/c1-9-5-10(7-11(16)6-9)15(18)13-8-12(17)3-4-14(13)19-2/h3-8,15,18H,1-2H3. The molecule has 0 saturated carbocycles. The van der Waals surface area contributed by atoms with Crippen molar-refractivity contribution in [2.75, 3.05) is 7.11 Å². The highest BCUT2D eigenvalue weighted by atomic mass is 79.9. The monoisotopic (exact) mass is 324 g/mol. The van der Waals surface area contributed by atoms with Crippen LogP contribution in [0.2, 0.25) is 0 Å². The minimum atomic E-state index is -0.929. The summed E-state index contributed by atoms with van der Waals surface area (Å²) in [6.07, 6.45) is -0.929. The highest BCUT2D eigenvalue weighted by Gasteiger charge is 2.17. The van der Waals surface area contributed by atoms with Crippen molar-refractivity contribution in [1.82, 2.24) is 0 Å². The molecule has 0 aliphatic rings. The van der Waals surface area contributed by atoms with Crippen LogP contribution in [0, 0.1) is 12.7 Å². The van der Waals surface area contributed by atoms with Gasteiger partial charge >= 0.3 is 0 Å². The topological polar surface area (TPSA) is 29.5 Å². The molecule has 4 heteroatoms. The maximum atomic E-state index is 13.3. The maximum absolute atomic E-state index is 13.3. The SMILES string of the molecule is COc1ccc(F)cc1C(O)c1cc(C)cc(Br)c1. The van der Waals surface area contributed by atoms with Gasteiger partial charge in [0.1, 0.15) is 17.7 Å². The lowest BCUT2D eigenvalue weighted by Gasteiger charge is -2.16. The van der Waals surface area contributed by atoms with Crippen molar-refractivity contribution in [3.05, 3.63) is 63.4 Å². The molecule has 0 spiro atoms. The van der Waals surface area contributed by atoms with Gasteiger partial charge in [-0.25, -0.2) is 4.39 Å². The summed E-state index contributed by atoms with van der Waals surface area (Å²) in [5.74, 6) is 0.0631. The lowest BCUT2D eigenvalue weighted by molar-refractivity contribution is 0.214. The van der Waals surface area contributed by atoms with E-state index in [-0.39, 0.29) is 0 Å². The van der Waals surface area contributed by atoms with E-state index < -0.39 is 11.9 Å². The molecule has 2 aromatic rings. The first kappa shape index (κ1) is 14.0. The molecular formula is C15H14BrFO2. The Labute approximate surface area is 120 Å². The van der Waals surface area contributed by atoms with Gasteiger partial charge in [-0.15, -0.1) is 0 Å². The highest BCUT2D eigenvalue weighted by Crippen LogP contribution is 2.32. The molecule has 0 amide bonds. The first-order chi connectivity index (χ1) is 9.01. The normalized spacial score (nSPS) is 12.3. The number of benzene rings is 2. The second-order valence-electron chi connectivity index (χ2n) is 4.35. The first-order valence-corrected chi connectivity index (χ1v) is 6.59. The van der Waals surface area contributed by atoms with Crippen LogP contribution in [0.3, 0.4) is 0 Å². The summed E-state index contributed by atoms with van der Waals surface area (Å²) in [5, 5.41) is 10.4. The van der Waals surface area contributed by atoms with Crippen LogP contribution in [0.4, 0.5) is 4.39 Å². The van der Waals surface area contributed by atoms with Crippen molar-refractivity contribution in [1.29, 1.82) is 0 Å². The van der Waals surface area contributed by atoms with Gasteiger partial charge in [0, 0.05) is 10.0 Å². The summed E-state index contributed by atoms with van der Waals surface area (Å²) < 4.78 is 19.4. The summed E-state index contributed by atoms with van der Waals surface area (Å²) in [6, 6.07) is 9.72. The average Bonchev–Trinajstić information content (AvgIpc) is 2.36. The average molecular weight is 325 g/mol. The number of rotatable bonds is 3. The number of ether oxygens (including phenoxy) is 1. The van der Waals surface area contributed by atoms with E-state index in [1.807, 2.05) is 25.1 Å². The summed E-state index contributed by atoms with van der Waals surface area (Å²) in [7, 11) is 1.50. The fourth-order valence-corrected chi connectivity index (χ4v) is 2.65. The third-order valence-corrected chi connectivity index (χ3v) is 3.32. The van der Waals surface area contributed by atoms with E-state index in [4.69, 9.17) is 4.74 Å². The predicted molar refractivity (Wildman–Crippen MR) is 75.9 cm³/mol. The number of halogens is 2. The van der Waals surface area contributed by atoms with Crippen molar-refractivity contribution in [3.63, 3.8) is 0 Å². The summed E-state index contributed by atoms with van der Waals surface area (Å²) in [4.78, 5) is 0. The van der Waals surface area contributed by atoms with Gasteiger partial charge in [0.15, 0.2) is 0 Å². The number of hydrogen-bond acceptors (Lipinski definition) is 2. The second kappa shape index (κ2) is 5.72. The third-order valence-electron chi connectivity index (χ3n) is 2.87. The number of aliphatic hydroxyl groups is 1. The van der Waals surface area contributed by atoms with Gasteiger partial charge in [-0.1, -0.05) is 22.0 Å². The lowest BCUT2D eigenvalue weighted by Crippen LogP contribution is -2.03. The molecule has 0 heterocycles. The Morgan fingerprint density at radius 2 is 1.95 bits per heavy atom. The molecular weight excluding hydrogens is 311 g/mol. The number of aryl methyl sites for hydroxylation is 1. The van der Waals surface area contributed by atoms with Crippen LogP contribution in [0.25, 0.3) is 0 Å². The zero-order valence-corrected chi connectivity index (χ0v) is 12.2. The quantitative estimate of drug-likeness (QED) is 0.925. The Kier molecular flexibility index (Phi) is 4.22. The predicted octanol–water partition coefficient (Wildman–Crippen LogP) is 3.99.